The highest BCUT2D eigenvalue weighted by Crippen LogP contribution is 2.27. The second kappa shape index (κ2) is 14.4. The van der Waals surface area contributed by atoms with Crippen LogP contribution in [0.5, 0.6) is 0 Å². The first-order chi connectivity index (χ1) is 18.4. The predicted molar refractivity (Wildman–Crippen MR) is 154 cm³/mol. The fourth-order valence-corrected chi connectivity index (χ4v) is 3.33. The van der Waals surface area contributed by atoms with Crippen LogP contribution in [0.1, 0.15) is 48.5 Å². The Morgan fingerprint density at radius 1 is 0.850 bits per heavy atom. The van der Waals surface area contributed by atoms with Gasteiger partial charge in [0.25, 0.3) is 0 Å². The van der Waals surface area contributed by atoms with Gasteiger partial charge < -0.3 is 30.2 Å². The van der Waals surface area contributed by atoms with Gasteiger partial charge >= 0.3 is 17.9 Å². The topological polar surface area (TPSA) is 159 Å². The van der Waals surface area contributed by atoms with Crippen molar-refractivity contribution in [3.63, 3.8) is 0 Å². The molecule has 0 bridgehead atoms. The monoisotopic (exact) mass is 560 g/mol. The van der Waals surface area contributed by atoms with E-state index < -0.39 is 34.2 Å². The molecule has 1 aromatic heterocycles. The number of nitrogens with one attached hydrogen (secondary N) is 1. The maximum Gasteiger partial charge on any atom is 0.333 e. The van der Waals surface area contributed by atoms with Crippen molar-refractivity contribution in [3.8, 4) is 0 Å². The zero-order valence-corrected chi connectivity index (χ0v) is 24.8. The molecule has 222 valence electrons. The molecule has 0 atom stereocenters. The van der Waals surface area contributed by atoms with Crippen molar-refractivity contribution in [1.82, 2.24) is 15.0 Å². The van der Waals surface area contributed by atoms with Crippen molar-refractivity contribution in [2.45, 2.75) is 48.5 Å². The number of hydrogen-bond donors (Lipinski definition) is 2. The van der Waals surface area contributed by atoms with Crippen molar-refractivity contribution < 1.29 is 28.6 Å². The molecule has 12 heteroatoms. The second-order valence-electron chi connectivity index (χ2n) is 12.0. The van der Waals surface area contributed by atoms with Gasteiger partial charge in [0.2, 0.25) is 17.8 Å². The minimum atomic E-state index is -0.531. The van der Waals surface area contributed by atoms with Crippen molar-refractivity contribution in [2.24, 2.45) is 16.2 Å². The number of rotatable bonds is 17. The van der Waals surface area contributed by atoms with Crippen LogP contribution in [-0.2, 0) is 28.6 Å². The SMILES string of the molecule is C=CC(=O)OCC(C)(C)CN(CC(C)(C)COC(=O)C=C)c1nc(N)nc(NCC(C)(C)COC(=O)C(=C)C)n1. The Bertz CT molecular complexity index is 1060. The summed E-state index contributed by atoms with van der Waals surface area (Å²) in [5, 5.41) is 3.15. The van der Waals surface area contributed by atoms with Crippen LogP contribution in [0.4, 0.5) is 17.8 Å². The van der Waals surface area contributed by atoms with Crippen LogP contribution in [0, 0.1) is 16.2 Å². The van der Waals surface area contributed by atoms with E-state index in [1.807, 2.05) is 46.4 Å². The fourth-order valence-electron chi connectivity index (χ4n) is 3.33. The lowest BCUT2D eigenvalue weighted by molar-refractivity contribution is -0.142. The van der Waals surface area contributed by atoms with Gasteiger partial charge in [-0.15, -0.1) is 0 Å². The molecule has 0 spiro atoms. The second-order valence-corrected chi connectivity index (χ2v) is 12.0. The minimum Gasteiger partial charge on any atom is -0.462 e. The average Bonchev–Trinajstić information content (AvgIpc) is 2.86. The Morgan fingerprint density at radius 3 is 1.77 bits per heavy atom. The number of aromatic nitrogens is 3. The van der Waals surface area contributed by atoms with Gasteiger partial charge in [-0.25, -0.2) is 14.4 Å². The van der Waals surface area contributed by atoms with Crippen LogP contribution < -0.4 is 16.0 Å². The highest BCUT2D eigenvalue weighted by molar-refractivity contribution is 5.86. The van der Waals surface area contributed by atoms with Crippen molar-refractivity contribution in [1.29, 1.82) is 0 Å². The average molecular weight is 561 g/mol. The maximum absolute atomic E-state index is 11.8. The quantitative estimate of drug-likeness (QED) is 0.163. The first kappa shape index (κ1) is 34.1. The molecular weight excluding hydrogens is 516 g/mol. The van der Waals surface area contributed by atoms with Crippen LogP contribution in [0.25, 0.3) is 0 Å². The van der Waals surface area contributed by atoms with E-state index in [0.29, 0.717) is 25.2 Å². The van der Waals surface area contributed by atoms with Crippen molar-refractivity contribution >= 4 is 35.8 Å². The largest absolute Gasteiger partial charge is 0.462 e. The summed E-state index contributed by atoms with van der Waals surface area (Å²) in [5.41, 5.74) is 4.86. The molecular formula is C28H44N6O6. The Labute approximate surface area is 237 Å². The molecule has 0 aromatic carbocycles. The number of nitrogen functional groups attached to an aromatic ring is 1. The maximum atomic E-state index is 11.8. The van der Waals surface area contributed by atoms with Gasteiger partial charge in [-0.1, -0.05) is 61.3 Å². The summed E-state index contributed by atoms with van der Waals surface area (Å²) in [5.74, 6) is -0.993. The summed E-state index contributed by atoms with van der Waals surface area (Å²) in [6.07, 6.45) is 2.22. The highest BCUT2D eigenvalue weighted by atomic mass is 16.5. The fraction of sp³-hybridized carbons (Fsp3) is 0.571. The summed E-state index contributed by atoms with van der Waals surface area (Å²) in [6, 6.07) is 0. The van der Waals surface area contributed by atoms with Crippen LogP contribution in [-0.4, -0.2) is 72.3 Å². The molecule has 0 aliphatic rings. The lowest BCUT2D eigenvalue weighted by Gasteiger charge is -2.37. The third-order valence-corrected chi connectivity index (χ3v) is 5.37. The van der Waals surface area contributed by atoms with E-state index in [-0.39, 0.29) is 37.7 Å². The minimum absolute atomic E-state index is 0.00389. The first-order valence-electron chi connectivity index (χ1n) is 12.8. The van der Waals surface area contributed by atoms with E-state index in [9.17, 15) is 14.4 Å². The van der Waals surface area contributed by atoms with E-state index in [1.165, 1.54) is 0 Å². The number of nitrogens with zero attached hydrogens (tertiary/aromatic N) is 4. The molecule has 0 fully saturated rings. The van der Waals surface area contributed by atoms with Crippen LogP contribution >= 0.6 is 0 Å². The molecule has 0 aliphatic heterocycles. The van der Waals surface area contributed by atoms with Crippen LogP contribution in [0.15, 0.2) is 37.5 Å². The lowest BCUT2D eigenvalue weighted by Crippen LogP contribution is -2.44. The Kier molecular flexibility index (Phi) is 12.3. The summed E-state index contributed by atoms with van der Waals surface area (Å²) in [6.45, 7) is 25.1. The smallest absolute Gasteiger partial charge is 0.333 e. The van der Waals surface area contributed by atoms with E-state index in [4.69, 9.17) is 19.9 Å². The third kappa shape index (κ3) is 12.7. The normalized spacial score (nSPS) is 11.7. The Morgan fingerprint density at radius 2 is 1.32 bits per heavy atom. The number of carbonyl (C=O) groups is 3. The first-order valence-corrected chi connectivity index (χ1v) is 12.8. The molecule has 1 rings (SSSR count). The van der Waals surface area contributed by atoms with E-state index in [0.717, 1.165) is 12.2 Å². The van der Waals surface area contributed by atoms with E-state index >= 15 is 0 Å². The van der Waals surface area contributed by atoms with Crippen LogP contribution in [0.3, 0.4) is 0 Å². The van der Waals surface area contributed by atoms with E-state index in [2.05, 4.69) is 40.0 Å². The molecule has 0 unspecified atom stereocenters. The van der Waals surface area contributed by atoms with Gasteiger partial charge in [-0.2, -0.15) is 15.0 Å². The van der Waals surface area contributed by atoms with Gasteiger partial charge in [-0.05, 0) is 6.92 Å². The standard InChI is InChI=1S/C28H44N6O6/c1-11-20(35)38-17-27(7,8)14-34(15-28(9,10)18-39-21(36)12-2)25-32-23(29)31-24(33-25)30-13-26(5,6)16-40-22(37)19(3)4/h11-12H,1-3,13-18H2,4-10H3,(H3,29,30,31,32,33). The number of hydrogen-bond acceptors (Lipinski definition) is 12. The molecule has 40 heavy (non-hydrogen) atoms. The molecule has 0 amide bonds. The number of esters is 3. The molecule has 0 saturated carbocycles. The Balaban J connectivity index is 3.22. The molecule has 0 saturated heterocycles. The zero-order valence-electron chi connectivity index (χ0n) is 24.8. The van der Waals surface area contributed by atoms with Gasteiger partial charge in [0.15, 0.2) is 0 Å². The molecule has 0 aliphatic carbocycles. The summed E-state index contributed by atoms with van der Waals surface area (Å²) in [7, 11) is 0. The number of ether oxygens (including phenoxy) is 3. The van der Waals surface area contributed by atoms with E-state index in [1.54, 1.807) is 6.92 Å². The van der Waals surface area contributed by atoms with Gasteiger partial charge in [0.1, 0.15) is 0 Å². The molecule has 1 heterocycles. The number of nitrogens with two attached hydrogens (primary N) is 1. The molecule has 0 radical (unpaired) electrons. The van der Waals surface area contributed by atoms with Crippen LogP contribution in [0.2, 0.25) is 0 Å². The summed E-state index contributed by atoms with van der Waals surface area (Å²) in [4.78, 5) is 50.2. The van der Waals surface area contributed by atoms with Gasteiger partial charge in [0.05, 0.1) is 19.8 Å². The van der Waals surface area contributed by atoms with Crippen molar-refractivity contribution in [2.75, 3.05) is 55.4 Å². The van der Waals surface area contributed by atoms with Gasteiger partial charge in [-0.3, -0.25) is 0 Å². The number of anilines is 3. The Hall–Kier alpha value is -3.96. The lowest BCUT2D eigenvalue weighted by atomic mass is 9.90. The zero-order chi connectivity index (χ0) is 30.7. The van der Waals surface area contributed by atoms with Crippen molar-refractivity contribution in [3.05, 3.63) is 37.5 Å². The van der Waals surface area contributed by atoms with Gasteiger partial charge in [0, 0.05) is 53.6 Å². The molecule has 12 nitrogen and oxygen atoms in total. The molecule has 1 aromatic rings. The molecule has 3 N–H and O–H groups in total. The highest BCUT2D eigenvalue weighted by Gasteiger charge is 2.31. The summed E-state index contributed by atoms with van der Waals surface area (Å²) < 4.78 is 15.9. The summed E-state index contributed by atoms with van der Waals surface area (Å²) >= 11 is 0. The predicted octanol–water partition coefficient (Wildman–Crippen LogP) is 3.33. The third-order valence-electron chi connectivity index (χ3n) is 5.37. The number of carbonyl (C=O) groups excluding carboxylic acids is 3.